The second-order valence-electron chi connectivity index (χ2n) is 6.54. The van der Waals surface area contributed by atoms with Crippen molar-refractivity contribution in [1.29, 1.82) is 0 Å². The molecule has 3 rings (SSSR count). The monoisotopic (exact) mass is 408 g/mol. The molecule has 1 aliphatic rings. The molecular formula is C19H25ClN4O2S. The van der Waals surface area contributed by atoms with E-state index < -0.39 is 0 Å². The largest absolute Gasteiger partial charge is 0.347 e. The second-order valence-corrected chi connectivity index (χ2v) is 7.48. The lowest BCUT2D eigenvalue weighted by Crippen LogP contribution is -2.25. The van der Waals surface area contributed by atoms with Gasteiger partial charge in [0.25, 0.3) is 5.91 Å². The predicted octanol–water partition coefficient (Wildman–Crippen LogP) is 3.47. The fourth-order valence-electron chi connectivity index (χ4n) is 3.15. The van der Waals surface area contributed by atoms with Crippen molar-refractivity contribution in [2.75, 3.05) is 5.32 Å². The van der Waals surface area contributed by atoms with Crippen LogP contribution < -0.4 is 16.4 Å². The summed E-state index contributed by atoms with van der Waals surface area (Å²) in [6.07, 6.45) is 5.43. The number of amides is 2. The number of anilines is 1. The smallest absolute Gasteiger partial charge is 0.271 e. The first-order chi connectivity index (χ1) is 12.7. The molecule has 27 heavy (non-hydrogen) atoms. The van der Waals surface area contributed by atoms with E-state index in [0.29, 0.717) is 18.8 Å². The summed E-state index contributed by atoms with van der Waals surface area (Å²) in [5.41, 5.74) is 7.60. The molecule has 0 aliphatic heterocycles. The maximum Gasteiger partial charge on any atom is 0.271 e. The highest BCUT2D eigenvalue weighted by molar-refractivity contribution is 7.09. The number of nitrogens with one attached hydrogen (secondary N) is 2. The summed E-state index contributed by atoms with van der Waals surface area (Å²) < 4.78 is 0. The van der Waals surface area contributed by atoms with Crippen LogP contribution in [-0.4, -0.2) is 16.8 Å². The average molecular weight is 409 g/mol. The summed E-state index contributed by atoms with van der Waals surface area (Å²) in [7, 11) is 0. The quantitative estimate of drug-likeness (QED) is 0.681. The minimum absolute atomic E-state index is 0. The molecule has 0 radical (unpaired) electrons. The van der Waals surface area contributed by atoms with Gasteiger partial charge in [0.2, 0.25) is 5.91 Å². The number of hydrogen-bond donors (Lipinski definition) is 3. The fourth-order valence-corrected chi connectivity index (χ4v) is 3.80. The van der Waals surface area contributed by atoms with Crippen molar-refractivity contribution in [2.24, 2.45) is 11.7 Å². The number of thiazole rings is 1. The van der Waals surface area contributed by atoms with Gasteiger partial charge in [-0.15, -0.1) is 23.7 Å². The number of nitrogens with two attached hydrogens (primary N) is 1. The summed E-state index contributed by atoms with van der Waals surface area (Å²) in [6, 6.07) is 7.57. The third-order valence-corrected chi connectivity index (χ3v) is 5.45. The van der Waals surface area contributed by atoms with Crippen molar-refractivity contribution in [3.63, 3.8) is 0 Å². The fraction of sp³-hybridized carbons (Fsp3) is 0.421. The molecule has 0 spiro atoms. The number of benzene rings is 1. The Morgan fingerprint density at radius 3 is 2.70 bits per heavy atom. The molecule has 1 aromatic heterocycles. The zero-order valence-corrected chi connectivity index (χ0v) is 16.7. The number of carbonyl (C=O) groups is 2. The third kappa shape index (κ3) is 6.02. The van der Waals surface area contributed by atoms with Crippen molar-refractivity contribution in [3.05, 3.63) is 45.9 Å². The molecule has 2 aromatic rings. The van der Waals surface area contributed by atoms with Gasteiger partial charge in [0.1, 0.15) is 10.7 Å². The van der Waals surface area contributed by atoms with Crippen LogP contribution in [0.15, 0.2) is 29.6 Å². The maximum atomic E-state index is 12.4. The molecule has 146 valence electrons. The lowest BCUT2D eigenvalue weighted by molar-refractivity contribution is -0.120. The van der Waals surface area contributed by atoms with E-state index in [-0.39, 0.29) is 30.1 Å². The first-order valence-corrected chi connectivity index (χ1v) is 9.86. The molecule has 0 atom stereocenters. The van der Waals surface area contributed by atoms with E-state index >= 15 is 0 Å². The minimum atomic E-state index is -0.224. The minimum Gasteiger partial charge on any atom is -0.347 e. The first kappa shape index (κ1) is 21.3. The number of hydrogen-bond acceptors (Lipinski definition) is 5. The van der Waals surface area contributed by atoms with Gasteiger partial charge in [0, 0.05) is 30.1 Å². The molecule has 0 unspecified atom stereocenters. The third-order valence-electron chi connectivity index (χ3n) is 4.58. The Kier molecular flexibility index (Phi) is 8.22. The molecule has 0 bridgehead atoms. The zero-order chi connectivity index (χ0) is 18.4. The Morgan fingerprint density at radius 1 is 1.22 bits per heavy atom. The van der Waals surface area contributed by atoms with E-state index in [0.717, 1.165) is 41.9 Å². The van der Waals surface area contributed by atoms with Gasteiger partial charge < -0.3 is 16.4 Å². The van der Waals surface area contributed by atoms with Gasteiger partial charge in [0.05, 0.1) is 0 Å². The summed E-state index contributed by atoms with van der Waals surface area (Å²) in [5.74, 6) is -0.00576. The van der Waals surface area contributed by atoms with Crippen LogP contribution in [0.2, 0.25) is 0 Å². The van der Waals surface area contributed by atoms with Crippen molar-refractivity contribution >= 4 is 41.2 Å². The average Bonchev–Trinajstić information content (AvgIpc) is 3.16. The Hall–Kier alpha value is -1.96. The number of rotatable bonds is 6. The summed E-state index contributed by atoms with van der Waals surface area (Å²) in [5, 5.41) is 8.30. The Bertz CT molecular complexity index is 775. The van der Waals surface area contributed by atoms with Crippen molar-refractivity contribution in [3.8, 4) is 0 Å². The lowest BCUT2D eigenvalue weighted by Gasteiger charge is -2.20. The number of aromatic nitrogens is 1. The number of carbonyl (C=O) groups excluding carboxylic acids is 2. The van der Waals surface area contributed by atoms with Gasteiger partial charge >= 0.3 is 0 Å². The van der Waals surface area contributed by atoms with E-state index in [1.54, 1.807) is 5.38 Å². The van der Waals surface area contributed by atoms with E-state index in [9.17, 15) is 9.59 Å². The summed E-state index contributed by atoms with van der Waals surface area (Å²) >= 11 is 1.38. The molecule has 4 N–H and O–H groups in total. The van der Waals surface area contributed by atoms with Crippen LogP contribution in [0.3, 0.4) is 0 Å². The van der Waals surface area contributed by atoms with Crippen LogP contribution in [0.25, 0.3) is 0 Å². The molecule has 6 nitrogen and oxygen atoms in total. The number of nitrogens with zero attached hydrogens (tertiary/aromatic N) is 1. The Labute approximate surface area is 169 Å². The number of halogens is 1. The van der Waals surface area contributed by atoms with Crippen molar-refractivity contribution in [2.45, 2.75) is 45.2 Å². The highest BCUT2D eigenvalue weighted by Gasteiger charge is 2.21. The Balaban J connectivity index is 0.00000261. The van der Waals surface area contributed by atoms with Gasteiger partial charge in [-0.1, -0.05) is 31.4 Å². The van der Waals surface area contributed by atoms with Crippen molar-refractivity contribution < 1.29 is 9.59 Å². The van der Waals surface area contributed by atoms with E-state index in [1.165, 1.54) is 17.8 Å². The molecule has 1 saturated carbocycles. The molecule has 1 aliphatic carbocycles. The topological polar surface area (TPSA) is 97.1 Å². The zero-order valence-electron chi connectivity index (χ0n) is 15.1. The maximum absolute atomic E-state index is 12.4. The summed E-state index contributed by atoms with van der Waals surface area (Å²) in [6.45, 7) is 0.710. The van der Waals surface area contributed by atoms with Crippen LogP contribution in [0.1, 0.15) is 53.2 Å². The van der Waals surface area contributed by atoms with Crippen LogP contribution >= 0.6 is 23.7 Å². The molecule has 1 aromatic carbocycles. The van der Waals surface area contributed by atoms with Crippen LogP contribution in [0, 0.1) is 5.92 Å². The SMILES string of the molecule is Cl.NCc1nc(C(=O)NCc2cccc(NC(=O)C3CCCCC3)c2)cs1. The molecule has 0 saturated heterocycles. The van der Waals surface area contributed by atoms with Crippen LogP contribution in [0.4, 0.5) is 5.69 Å². The first-order valence-electron chi connectivity index (χ1n) is 8.98. The van der Waals surface area contributed by atoms with Gasteiger partial charge in [-0.3, -0.25) is 9.59 Å². The molecule has 8 heteroatoms. The van der Waals surface area contributed by atoms with Gasteiger partial charge in [-0.25, -0.2) is 4.98 Å². The van der Waals surface area contributed by atoms with Gasteiger partial charge in [-0.05, 0) is 30.5 Å². The highest BCUT2D eigenvalue weighted by Crippen LogP contribution is 2.25. The standard InChI is InChI=1S/C19H24N4O2S.ClH/c20-10-17-23-16(12-26-17)19(25)21-11-13-5-4-8-15(9-13)22-18(24)14-6-2-1-3-7-14;/h4-5,8-9,12,14H,1-3,6-7,10-11,20H2,(H,21,25)(H,22,24);1H. The Morgan fingerprint density at radius 2 is 2.00 bits per heavy atom. The van der Waals surface area contributed by atoms with E-state index in [1.807, 2.05) is 24.3 Å². The van der Waals surface area contributed by atoms with Crippen LogP contribution in [-0.2, 0) is 17.9 Å². The van der Waals surface area contributed by atoms with Crippen LogP contribution in [0.5, 0.6) is 0 Å². The van der Waals surface area contributed by atoms with Gasteiger partial charge in [-0.2, -0.15) is 0 Å². The second kappa shape index (κ2) is 10.4. The van der Waals surface area contributed by atoms with Crippen molar-refractivity contribution in [1.82, 2.24) is 10.3 Å². The molecular weight excluding hydrogens is 384 g/mol. The molecule has 1 fully saturated rings. The normalized spacial score (nSPS) is 14.3. The molecule has 1 heterocycles. The summed E-state index contributed by atoms with van der Waals surface area (Å²) in [4.78, 5) is 28.7. The lowest BCUT2D eigenvalue weighted by atomic mass is 9.88. The predicted molar refractivity (Wildman–Crippen MR) is 110 cm³/mol. The van der Waals surface area contributed by atoms with Gasteiger partial charge in [0.15, 0.2) is 0 Å². The molecule has 2 amide bonds. The van der Waals surface area contributed by atoms with E-state index in [4.69, 9.17) is 5.73 Å². The highest BCUT2D eigenvalue weighted by atomic mass is 35.5. The van der Waals surface area contributed by atoms with E-state index in [2.05, 4.69) is 15.6 Å².